The Hall–Kier alpha value is -1.09. The van der Waals surface area contributed by atoms with E-state index in [1.807, 2.05) is 18.2 Å². The van der Waals surface area contributed by atoms with Crippen molar-refractivity contribution in [1.29, 1.82) is 0 Å². The summed E-state index contributed by atoms with van der Waals surface area (Å²) in [5.41, 5.74) is 0. The lowest BCUT2D eigenvalue weighted by Gasteiger charge is -2.26. The molecule has 1 aliphatic rings. The molecule has 1 aromatic rings. The maximum atomic E-state index is 5.44. The van der Waals surface area contributed by atoms with Gasteiger partial charge in [-0.3, -0.25) is 0 Å². The van der Waals surface area contributed by atoms with Gasteiger partial charge in [0.25, 0.3) is 0 Å². The van der Waals surface area contributed by atoms with Crippen molar-refractivity contribution < 1.29 is 4.74 Å². The highest BCUT2D eigenvalue weighted by atomic mass is 16.5. The Kier molecular flexibility index (Phi) is 2.23. The van der Waals surface area contributed by atoms with Crippen molar-refractivity contribution in [2.24, 2.45) is 0 Å². The summed E-state index contributed by atoms with van der Waals surface area (Å²) in [4.78, 5) is 4.06. The first kappa shape index (κ1) is 7.55. The monoisotopic (exact) mass is 164 g/mol. The minimum atomic E-state index is 0.534. The third kappa shape index (κ3) is 1.74. The molecule has 1 fully saturated rings. The van der Waals surface area contributed by atoms with E-state index in [4.69, 9.17) is 4.74 Å². The molecular formula is C9H12N2O. The van der Waals surface area contributed by atoms with E-state index in [0.29, 0.717) is 11.9 Å². The molecule has 2 heterocycles. The number of hydrogen-bond acceptors (Lipinski definition) is 3. The van der Waals surface area contributed by atoms with Crippen LogP contribution in [-0.2, 0) is 0 Å². The molecule has 1 aromatic heterocycles. The molecule has 64 valence electrons. The number of pyridine rings is 1. The lowest BCUT2D eigenvalue weighted by molar-refractivity contribution is 0.211. The Bertz CT molecular complexity index is 234. The number of aromatic nitrogens is 1. The van der Waals surface area contributed by atoms with E-state index in [0.717, 1.165) is 13.2 Å². The van der Waals surface area contributed by atoms with Crippen LogP contribution in [-0.4, -0.2) is 24.2 Å². The van der Waals surface area contributed by atoms with Crippen LogP contribution in [0.25, 0.3) is 0 Å². The van der Waals surface area contributed by atoms with E-state index in [1.54, 1.807) is 6.20 Å². The first-order chi connectivity index (χ1) is 5.95. The lowest BCUT2D eigenvalue weighted by atomic mass is 10.1. The van der Waals surface area contributed by atoms with E-state index >= 15 is 0 Å². The van der Waals surface area contributed by atoms with E-state index in [2.05, 4.69) is 10.3 Å². The zero-order valence-corrected chi connectivity index (χ0v) is 6.86. The van der Waals surface area contributed by atoms with E-state index in [9.17, 15) is 0 Å². The van der Waals surface area contributed by atoms with Crippen molar-refractivity contribution in [2.75, 3.05) is 13.2 Å². The minimum Gasteiger partial charge on any atom is -0.476 e. The molecular weight excluding hydrogens is 152 g/mol. The molecule has 0 spiro atoms. The molecule has 2 rings (SSSR count). The SMILES string of the molecule is c1ccc(OCC2CCN2)nc1. The molecule has 12 heavy (non-hydrogen) atoms. The predicted octanol–water partition coefficient (Wildman–Crippen LogP) is 0.822. The zero-order valence-electron chi connectivity index (χ0n) is 6.86. The van der Waals surface area contributed by atoms with E-state index in [1.165, 1.54) is 6.42 Å². The van der Waals surface area contributed by atoms with Gasteiger partial charge in [-0.15, -0.1) is 0 Å². The highest BCUT2D eigenvalue weighted by molar-refractivity contribution is 5.09. The minimum absolute atomic E-state index is 0.534. The molecule has 3 heteroatoms. The van der Waals surface area contributed by atoms with Gasteiger partial charge >= 0.3 is 0 Å². The molecule has 3 nitrogen and oxygen atoms in total. The Morgan fingerprint density at radius 3 is 3.08 bits per heavy atom. The largest absolute Gasteiger partial charge is 0.476 e. The fourth-order valence-electron chi connectivity index (χ4n) is 1.11. The normalized spacial score (nSPS) is 21.5. The average Bonchev–Trinajstić information content (AvgIpc) is 2.04. The summed E-state index contributed by atoms with van der Waals surface area (Å²) >= 11 is 0. The van der Waals surface area contributed by atoms with Crippen LogP contribution in [0.15, 0.2) is 24.4 Å². The second kappa shape index (κ2) is 3.54. The summed E-state index contributed by atoms with van der Waals surface area (Å²) in [6.45, 7) is 1.85. The zero-order chi connectivity index (χ0) is 8.23. The summed E-state index contributed by atoms with van der Waals surface area (Å²) in [6, 6.07) is 6.22. The van der Waals surface area contributed by atoms with E-state index < -0.39 is 0 Å². The molecule has 0 aliphatic carbocycles. The van der Waals surface area contributed by atoms with Gasteiger partial charge in [0.1, 0.15) is 6.61 Å². The molecule has 1 unspecified atom stereocenters. The van der Waals surface area contributed by atoms with Crippen LogP contribution < -0.4 is 10.1 Å². The topological polar surface area (TPSA) is 34.1 Å². The Morgan fingerprint density at radius 2 is 2.50 bits per heavy atom. The van der Waals surface area contributed by atoms with Gasteiger partial charge in [-0.05, 0) is 19.0 Å². The molecule has 0 saturated carbocycles. The van der Waals surface area contributed by atoms with Crippen molar-refractivity contribution in [3.8, 4) is 5.88 Å². The van der Waals surface area contributed by atoms with Crippen molar-refractivity contribution in [2.45, 2.75) is 12.5 Å². The highest BCUT2D eigenvalue weighted by Crippen LogP contribution is 2.07. The number of rotatable bonds is 3. The molecule has 0 aromatic carbocycles. The van der Waals surface area contributed by atoms with Crippen LogP contribution in [0.5, 0.6) is 5.88 Å². The van der Waals surface area contributed by atoms with Crippen LogP contribution in [0.4, 0.5) is 0 Å². The maximum Gasteiger partial charge on any atom is 0.213 e. The predicted molar refractivity (Wildman–Crippen MR) is 46.1 cm³/mol. The summed E-state index contributed by atoms with van der Waals surface area (Å²) in [5.74, 6) is 0.714. The Labute approximate surface area is 71.8 Å². The Morgan fingerprint density at radius 1 is 1.58 bits per heavy atom. The molecule has 0 bridgehead atoms. The first-order valence-electron chi connectivity index (χ1n) is 4.22. The molecule has 0 amide bonds. The number of ether oxygens (including phenoxy) is 1. The fourth-order valence-corrected chi connectivity index (χ4v) is 1.11. The van der Waals surface area contributed by atoms with Crippen LogP contribution in [0.3, 0.4) is 0 Å². The summed E-state index contributed by atoms with van der Waals surface area (Å²) in [6.07, 6.45) is 2.95. The van der Waals surface area contributed by atoms with Crippen LogP contribution in [0.1, 0.15) is 6.42 Å². The van der Waals surface area contributed by atoms with Gasteiger partial charge in [0.15, 0.2) is 0 Å². The maximum absolute atomic E-state index is 5.44. The molecule has 1 aliphatic heterocycles. The number of nitrogens with one attached hydrogen (secondary N) is 1. The van der Waals surface area contributed by atoms with Crippen molar-refractivity contribution in [3.05, 3.63) is 24.4 Å². The van der Waals surface area contributed by atoms with E-state index in [-0.39, 0.29) is 0 Å². The average molecular weight is 164 g/mol. The van der Waals surface area contributed by atoms with Crippen LogP contribution >= 0.6 is 0 Å². The summed E-state index contributed by atoms with van der Waals surface area (Å²) in [7, 11) is 0. The van der Waals surface area contributed by atoms with Gasteiger partial charge in [-0.2, -0.15) is 0 Å². The third-order valence-corrected chi connectivity index (χ3v) is 2.00. The number of nitrogens with zero attached hydrogens (tertiary/aromatic N) is 1. The Balaban J connectivity index is 1.79. The highest BCUT2D eigenvalue weighted by Gasteiger charge is 2.16. The standard InChI is InChI=1S/C9H12N2O/c1-2-5-11-9(3-1)12-7-8-4-6-10-8/h1-3,5,8,10H,4,6-7H2. The van der Waals surface area contributed by atoms with Crippen LogP contribution in [0.2, 0.25) is 0 Å². The van der Waals surface area contributed by atoms with Crippen molar-refractivity contribution in [3.63, 3.8) is 0 Å². The second-order valence-electron chi connectivity index (χ2n) is 2.92. The van der Waals surface area contributed by atoms with Crippen molar-refractivity contribution >= 4 is 0 Å². The lowest BCUT2D eigenvalue weighted by Crippen LogP contribution is -2.46. The third-order valence-electron chi connectivity index (χ3n) is 2.00. The number of hydrogen-bond donors (Lipinski definition) is 1. The smallest absolute Gasteiger partial charge is 0.213 e. The molecule has 1 saturated heterocycles. The summed E-state index contributed by atoms with van der Waals surface area (Å²) in [5, 5.41) is 3.26. The molecule has 0 radical (unpaired) electrons. The van der Waals surface area contributed by atoms with Gasteiger partial charge in [-0.1, -0.05) is 6.07 Å². The first-order valence-corrected chi connectivity index (χ1v) is 4.22. The summed E-state index contributed by atoms with van der Waals surface area (Å²) < 4.78 is 5.44. The quantitative estimate of drug-likeness (QED) is 0.718. The van der Waals surface area contributed by atoms with Gasteiger partial charge in [-0.25, -0.2) is 4.98 Å². The molecule has 1 N–H and O–H groups in total. The molecule has 1 atom stereocenters. The van der Waals surface area contributed by atoms with Gasteiger partial charge in [0.2, 0.25) is 5.88 Å². The van der Waals surface area contributed by atoms with Gasteiger partial charge in [0, 0.05) is 18.3 Å². The van der Waals surface area contributed by atoms with Crippen LogP contribution in [0, 0.1) is 0 Å². The van der Waals surface area contributed by atoms with Gasteiger partial charge < -0.3 is 10.1 Å². The fraction of sp³-hybridized carbons (Fsp3) is 0.444. The second-order valence-corrected chi connectivity index (χ2v) is 2.92. The van der Waals surface area contributed by atoms with Crippen molar-refractivity contribution in [1.82, 2.24) is 10.3 Å². The van der Waals surface area contributed by atoms with Gasteiger partial charge in [0.05, 0.1) is 0 Å².